The first-order valence-corrected chi connectivity index (χ1v) is 9.72. The average molecular weight is 346 g/mol. The number of sulfonamides is 1. The standard InChI is InChI=1S/C12H14N2O6S2/c1-7-11(12(15)16)9-6-8(13-21(2,17)18)4-5-10(9)14(7)22(3,19)20/h4-6,13H,1-3H3,(H,15,16). The smallest absolute Gasteiger partial charge is 0.338 e. The highest BCUT2D eigenvalue weighted by atomic mass is 32.2. The van der Waals surface area contributed by atoms with E-state index < -0.39 is 26.0 Å². The number of aromatic nitrogens is 1. The van der Waals surface area contributed by atoms with Gasteiger partial charge >= 0.3 is 5.97 Å². The van der Waals surface area contributed by atoms with Gasteiger partial charge in [-0.1, -0.05) is 0 Å². The van der Waals surface area contributed by atoms with Crippen molar-refractivity contribution in [3.63, 3.8) is 0 Å². The molecule has 1 aromatic carbocycles. The molecule has 2 N–H and O–H groups in total. The molecular formula is C12H14N2O6S2. The van der Waals surface area contributed by atoms with E-state index in [2.05, 4.69) is 4.72 Å². The fourth-order valence-electron chi connectivity index (χ4n) is 2.37. The maximum Gasteiger partial charge on any atom is 0.338 e. The van der Waals surface area contributed by atoms with Gasteiger partial charge < -0.3 is 5.11 Å². The summed E-state index contributed by atoms with van der Waals surface area (Å²) < 4.78 is 49.4. The van der Waals surface area contributed by atoms with Crippen molar-refractivity contribution >= 4 is 42.6 Å². The Morgan fingerprint density at radius 1 is 1.18 bits per heavy atom. The van der Waals surface area contributed by atoms with E-state index in [0.29, 0.717) is 0 Å². The van der Waals surface area contributed by atoms with Gasteiger partial charge in [0.25, 0.3) is 0 Å². The molecule has 8 nitrogen and oxygen atoms in total. The van der Waals surface area contributed by atoms with E-state index in [9.17, 15) is 26.7 Å². The second-order valence-corrected chi connectivity index (χ2v) is 8.48. The molecule has 0 aliphatic carbocycles. The third-order valence-electron chi connectivity index (χ3n) is 3.00. The number of anilines is 1. The van der Waals surface area contributed by atoms with Crippen LogP contribution < -0.4 is 4.72 Å². The van der Waals surface area contributed by atoms with Gasteiger partial charge in [0, 0.05) is 16.8 Å². The van der Waals surface area contributed by atoms with Crippen LogP contribution in [0.15, 0.2) is 18.2 Å². The van der Waals surface area contributed by atoms with Crippen LogP contribution in [0.1, 0.15) is 16.1 Å². The summed E-state index contributed by atoms with van der Waals surface area (Å²) >= 11 is 0. The second kappa shape index (κ2) is 4.99. The first-order chi connectivity index (χ1) is 9.92. The van der Waals surface area contributed by atoms with Crippen LogP contribution in [-0.2, 0) is 20.0 Å². The normalized spacial score (nSPS) is 12.5. The number of benzene rings is 1. The quantitative estimate of drug-likeness (QED) is 0.845. The molecule has 1 heterocycles. The Balaban J connectivity index is 2.88. The van der Waals surface area contributed by atoms with Crippen molar-refractivity contribution in [3.05, 3.63) is 29.5 Å². The zero-order valence-electron chi connectivity index (χ0n) is 12.0. The van der Waals surface area contributed by atoms with Crippen molar-refractivity contribution in [1.29, 1.82) is 0 Å². The van der Waals surface area contributed by atoms with Crippen molar-refractivity contribution in [1.82, 2.24) is 3.97 Å². The van der Waals surface area contributed by atoms with Crippen LogP contribution in [0.3, 0.4) is 0 Å². The summed E-state index contributed by atoms with van der Waals surface area (Å²) in [6.45, 7) is 1.38. The van der Waals surface area contributed by atoms with E-state index in [4.69, 9.17) is 0 Å². The van der Waals surface area contributed by atoms with Gasteiger partial charge in [0.15, 0.2) is 0 Å². The molecule has 0 fully saturated rings. The van der Waals surface area contributed by atoms with Crippen LogP contribution in [0.4, 0.5) is 5.69 Å². The van der Waals surface area contributed by atoms with Gasteiger partial charge in [-0.05, 0) is 25.1 Å². The van der Waals surface area contributed by atoms with E-state index in [1.54, 1.807) is 0 Å². The number of carboxylic acids is 1. The molecule has 2 aromatic rings. The Kier molecular flexibility index (Phi) is 3.70. The Morgan fingerprint density at radius 3 is 2.23 bits per heavy atom. The molecule has 0 aliphatic rings. The lowest BCUT2D eigenvalue weighted by atomic mass is 10.1. The number of nitrogens with zero attached hydrogens (tertiary/aromatic N) is 1. The largest absolute Gasteiger partial charge is 0.478 e. The van der Waals surface area contributed by atoms with Gasteiger partial charge in [-0.3, -0.25) is 4.72 Å². The number of carboxylic acid groups (broad SMARTS) is 1. The summed E-state index contributed by atoms with van der Waals surface area (Å²) in [6.07, 6.45) is 1.93. The minimum atomic E-state index is -3.71. The van der Waals surface area contributed by atoms with Gasteiger partial charge in [-0.2, -0.15) is 0 Å². The van der Waals surface area contributed by atoms with Crippen LogP contribution >= 0.6 is 0 Å². The summed E-state index contributed by atoms with van der Waals surface area (Å²) in [5.74, 6) is -1.29. The minimum Gasteiger partial charge on any atom is -0.478 e. The molecule has 0 unspecified atom stereocenters. The van der Waals surface area contributed by atoms with Crippen molar-refractivity contribution < 1.29 is 26.7 Å². The Hall–Kier alpha value is -2.07. The first-order valence-electron chi connectivity index (χ1n) is 5.98. The summed E-state index contributed by atoms with van der Waals surface area (Å²) in [5, 5.41) is 9.46. The predicted molar refractivity (Wildman–Crippen MR) is 82.3 cm³/mol. The summed E-state index contributed by atoms with van der Waals surface area (Å²) in [6, 6.07) is 4.04. The molecule has 0 amide bonds. The SMILES string of the molecule is Cc1c(C(=O)O)c2cc(NS(C)(=O)=O)ccc2n1S(C)(=O)=O. The molecule has 0 saturated heterocycles. The molecule has 120 valence electrons. The maximum atomic E-state index is 11.9. The van der Waals surface area contributed by atoms with Crippen LogP contribution in [0.25, 0.3) is 10.9 Å². The second-order valence-electron chi connectivity index (χ2n) is 4.90. The Morgan fingerprint density at radius 2 is 1.77 bits per heavy atom. The number of hydrogen-bond donors (Lipinski definition) is 2. The number of aromatic carboxylic acids is 1. The Labute approximate surface area is 127 Å². The van der Waals surface area contributed by atoms with E-state index in [0.717, 1.165) is 16.5 Å². The summed E-state index contributed by atoms with van der Waals surface area (Å²) in [5.41, 5.74) is 0.207. The fourth-order valence-corrected chi connectivity index (χ4v) is 4.03. The van der Waals surface area contributed by atoms with Gasteiger partial charge in [-0.25, -0.2) is 25.6 Å². The maximum absolute atomic E-state index is 11.9. The fraction of sp³-hybridized carbons (Fsp3) is 0.250. The van der Waals surface area contributed by atoms with E-state index in [1.807, 2.05) is 0 Å². The molecule has 0 radical (unpaired) electrons. The van der Waals surface area contributed by atoms with E-state index in [-0.39, 0.29) is 27.8 Å². The highest BCUT2D eigenvalue weighted by Gasteiger charge is 2.24. The van der Waals surface area contributed by atoms with Crippen molar-refractivity contribution in [3.8, 4) is 0 Å². The molecule has 0 spiro atoms. The van der Waals surface area contributed by atoms with Gasteiger partial charge in [0.1, 0.15) is 0 Å². The predicted octanol–water partition coefficient (Wildman–Crippen LogP) is 0.827. The zero-order chi connectivity index (χ0) is 16.9. The molecule has 2 rings (SSSR count). The van der Waals surface area contributed by atoms with E-state index in [1.165, 1.54) is 25.1 Å². The lowest BCUT2D eigenvalue weighted by molar-refractivity contribution is 0.0698. The third-order valence-corrected chi connectivity index (χ3v) is 4.74. The Bertz CT molecular complexity index is 986. The van der Waals surface area contributed by atoms with Gasteiger partial charge in [0.2, 0.25) is 20.0 Å². The van der Waals surface area contributed by atoms with Crippen molar-refractivity contribution in [2.75, 3.05) is 17.2 Å². The summed E-state index contributed by atoms with van der Waals surface area (Å²) in [7, 11) is -7.24. The molecule has 1 aromatic heterocycles. The monoisotopic (exact) mass is 346 g/mol. The van der Waals surface area contributed by atoms with Crippen molar-refractivity contribution in [2.24, 2.45) is 0 Å². The number of hydrogen-bond acceptors (Lipinski definition) is 5. The molecule has 10 heteroatoms. The first kappa shape index (κ1) is 16.3. The van der Waals surface area contributed by atoms with Gasteiger partial charge in [-0.15, -0.1) is 0 Å². The zero-order valence-corrected chi connectivity index (χ0v) is 13.6. The number of carbonyl (C=O) groups is 1. The molecule has 0 atom stereocenters. The van der Waals surface area contributed by atoms with Crippen molar-refractivity contribution in [2.45, 2.75) is 6.92 Å². The molecular weight excluding hydrogens is 332 g/mol. The lowest BCUT2D eigenvalue weighted by Gasteiger charge is -2.06. The molecule has 0 bridgehead atoms. The van der Waals surface area contributed by atoms with E-state index >= 15 is 0 Å². The topological polar surface area (TPSA) is 123 Å². The average Bonchev–Trinajstić information content (AvgIpc) is 2.57. The number of rotatable bonds is 4. The minimum absolute atomic E-state index is 0.0569. The van der Waals surface area contributed by atoms with Gasteiger partial charge in [0.05, 0.1) is 23.6 Å². The highest BCUT2D eigenvalue weighted by molar-refractivity contribution is 7.92. The molecule has 0 saturated carbocycles. The van der Waals surface area contributed by atoms with Crippen LogP contribution in [-0.4, -0.2) is 44.4 Å². The third kappa shape index (κ3) is 2.92. The summed E-state index contributed by atoms with van der Waals surface area (Å²) in [4.78, 5) is 11.4. The molecule has 0 aliphatic heterocycles. The highest BCUT2D eigenvalue weighted by Crippen LogP contribution is 2.30. The molecule has 22 heavy (non-hydrogen) atoms. The van der Waals surface area contributed by atoms with Crippen LogP contribution in [0.5, 0.6) is 0 Å². The number of fused-ring (bicyclic) bond motifs is 1. The van der Waals surface area contributed by atoms with Crippen LogP contribution in [0.2, 0.25) is 0 Å². The number of nitrogens with one attached hydrogen (secondary N) is 1. The van der Waals surface area contributed by atoms with Crippen LogP contribution in [0, 0.1) is 6.92 Å². The lowest BCUT2D eigenvalue weighted by Crippen LogP contribution is -2.12.